The first kappa shape index (κ1) is 10.9. The van der Waals surface area contributed by atoms with E-state index in [1.807, 2.05) is 0 Å². The molecule has 2 aliphatic rings. The summed E-state index contributed by atoms with van der Waals surface area (Å²) >= 11 is 0. The van der Waals surface area contributed by atoms with Gasteiger partial charge in [-0.2, -0.15) is 0 Å². The van der Waals surface area contributed by atoms with Crippen molar-refractivity contribution >= 4 is 5.84 Å². The number of piperazine rings is 1. The van der Waals surface area contributed by atoms with Gasteiger partial charge in [-0.25, -0.2) is 0 Å². The zero-order chi connectivity index (χ0) is 10.8. The van der Waals surface area contributed by atoms with E-state index in [2.05, 4.69) is 23.6 Å². The van der Waals surface area contributed by atoms with Gasteiger partial charge in [0.1, 0.15) is 0 Å². The van der Waals surface area contributed by atoms with Crippen LogP contribution in [0.4, 0.5) is 0 Å². The molecule has 0 bridgehead atoms. The molecular formula is C12H23N3. The molecule has 86 valence electrons. The molecule has 0 amide bonds. The summed E-state index contributed by atoms with van der Waals surface area (Å²) in [6.07, 6.45) is 2.89. The van der Waals surface area contributed by atoms with Crippen molar-refractivity contribution in [3.63, 3.8) is 0 Å². The Kier molecular flexibility index (Phi) is 3.29. The molecule has 0 aromatic carbocycles. The Bertz CT molecular complexity index is 225. The minimum atomic E-state index is 0.375. The summed E-state index contributed by atoms with van der Waals surface area (Å²) in [5.74, 6) is 2.20. The van der Waals surface area contributed by atoms with Gasteiger partial charge in [-0.05, 0) is 18.8 Å². The van der Waals surface area contributed by atoms with E-state index in [1.54, 1.807) is 0 Å². The van der Waals surface area contributed by atoms with Crippen LogP contribution in [-0.2, 0) is 0 Å². The van der Waals surface area contributed by atoms with Crippen molar-refractivity contribution in [3.8, 4) is 0 Å². The largest absolute Gasteiger partial charge is 0.358 e. The van der Waals surface area contributed by atoms with Crippen LogP contribution >= 0.6 is 0 Å². The molecule has 3 heteroatoms. The Morgan fingerprint density at radius 3 is 2.27 bits per heavy atom. The first-order chi connectivity index (χ1) is 7.16. The second-order valence-electron chi connectivity index (χ2n) is 5.27. The summed E-state index contributed by atoms with van der Waals surface area (Å²) in [7, 11) is 0. The van der Waals surface area contributed by atoms with Gasteiger partial charge in [0, 0.05) is 38.6 Å². The van der Waals surface area contributed by atoms with Gasteiger partial charge in [0.15, 0.2) is 0 Å². The van der Waals surface area contributed by atoms with Gasteiger partial charge in [-0.15, -0.1) is 0 Å². The smallest absolute Gasteiger partial charge is 0.0984 e. The Morgan fingerprint density at radius 1 is 1.20 bits per heavy atom. The van der Waals surface area contributed by atoms with Gasteiger partial charge >= 0.3 is 0 Å². The van der Waals surface area contributed by atoms with Crippen LogP contribution in [0.5, 0.6) is 0 Å². The molecule has 0 aromatic heterocycles. The fourth-order valence-electron chi connectivity index (χ4n) is 2.20. The lowest BCUT2D eigenvalue weighted by atomic mass is 10.1. The normalized spacial score (nSPS) is 23.5. The highest BCUT2D eigenvalue weighted by molar-refractivity contribution is 5.81. The summed E-state index contributed by atoms with van der Waals surface area (Å²) < 4.78 is 0. The monoisotopic (exact) mass is 209 g/mol. The Morgan fingerprint density at radius 2 is 1.80 bits per heavy atom. The SMILES string of the molecule is CC(C)C(=N)N1CCN(CC2CC2)CC1. The van der Waals surface area contributed by atoms with Crippen LogP contribution in [0.1, 0.15) is 26.7 Å². The standard InChI is InChI=1S/C12H23N3/c1-10(2)12(13)15-7-5-14(6-8-15)9-11-3-4-11/h10-11,13H,3-9H2,1-2H3. The molecule has 0 atom stereocenters. The van der Waals surface area contributed by atoms with Crippen LogP contribution in [0.2, 0.25) is 0 Å². The van der Waals surface area contributed by atoms with Gasteiger partial charge in [-0.1, -0.05) is 13.8 Å². The fourth-order valence-corrected chi connectivity index (χ4v) is 2.20. The van der Waals surface area contributed by atoms with E-state index in [9.17, 15) is 0 Å². The van der Waals surface area contributed by atoms with Gasteiger partial charge in [0.05, 0.1) is 5.84 Å². The van der Waals surface area contributed by atoms with Crippen molar-refractivity contribution in [2.75, 3.05) is 32.7 Å². The molecule has 1 aliphatic carbocycles. The third-order valence-corrected chi connectivity index (χ3v) is 3.47. The van der Waals surface area contributed by atoms with E-state index in [-0.39, 0.29) is 0 Å². The number of hydrogen-bond donors (Lipinski definition) is 1. The van der Waals surface area contributed by atoms with Crippen LogP contribution in [-0.4, -0.2) is 48.4 Å². The number of hydrogen-bond acceptors (Lipinski definition) is 2. The van der Waals surface area contributed by atoms with Crippen molar-refractivity contribution in [1.82, 2.24) is 9.80 Å². The van der Waals surface area contributed by atoms with Gasteiger partial charge in [-0.3, -0.25) is 10.3 Å². The lowest BCUT2D eigenvalue weighted by molar-refractivity contribution is 0.172. The molecule has 0 radical (unpaired) electrons. The lowest BCUT2D eigenvalue weighted by Crippen LogP contribution is -2.49. The number of nitrogens with one attached hydrogen (secondary N) is 1. The maximum absolute atomic E-state index is 7.97. The molecule has 1 saturated carbocycles. The molecule has 2 rings (SSSR count). The van der Waals surface area contributed by atoms with E-state index in [0.29, 0.717) is 5.92 Å². The van der Waals surface area contributed by atoms with E-state index in [4.69, 9.17) is 5.41 Å². The highest BCUT2D eigenvalue weighted by atomic mass is 15.3. The molecule has 0 spiro atoms. The summed E-state index contributed by atoms with van der Waals surface area (Å²) in [5.41, 5.74) is 0. The third kappa shape index (κ3) is 2.94. The summed E-state index contributed by atoms with van der Waals surface area (Å²) in [6, 6.07) is 0. The Labute approximate surface area is 92.9 Å². The Balaban J connectivity index is 1.73. The molecule has 1 aliphatic heterocycles. The van der Waals surface area contributed by atoms with Crippen LogP contribution in [0, 0.1) is 17.2 Å². The highest BCUT2D eigenvalue weighted by Gasteiger charge is 2.27. The van der Waals surface area contributed by atoms with E-state index in [1.165, 1.54) is 19.4 Å². The van der Waals surface area contributed by atoms with E-state index in [0.717, 1.165) is 37.9 Å². The zero-order valence-electron chi connectivity index (χ0n) is 10.00. The molecule has 15 heavy (non-hydrogen) atoms. The average Bonchev–Trinajstić information content (AvgIpc) is 3.02. The molecule has 3 nitrogen and oxygen atoms in total. The minimum Gasteiger partial charge on any atom is -0.358 e. The van der Waals surface area contributed by atoms with E-state index >= 15 is 0 Å². The van der Waals surface area contributed by atoms with Gasteiger partial charge in [0.2, 0.25) is 0 Å². The summed E-state index contributed by atoms with van der Waals surface area (Å²) in [6.45, 7) is 9.96. The zero-order valence-corrected chi connectivity index (χ0v) is 10.00. The first-order valence-corrected chi connectivity index (χ1v) is 6.22. The van der Waals surface area contributed by atoms with Crippen LogP contribution < -0.4 is 0 Å². The molecule has 2 fully saturated rings. The quantitative estimate of drug-likeness (QED) is 0.566. The number of nitrogens with zero attached hydrogens (tertiary/aromatic N) is 2. The maximum atomic E-state index is 7.97. The summed E-state index contributed by atoms with van der Waals surface area (Å²) in [4.78, 5) is 4.82. The second kappa shape index (κ2) is 4.52. The molecule has 1 N–H and O–H groups in total. The fraction of sp³-hybridized carbons (Fsp3) is 0.917. The summed E-state index contributed by atoms with van der Waals surface area (Å²) in [5, 5.41) is 7.97. The van der Waals surface area contributed by atoms with Crippen molar-refractivity contribution in [1.29, 1.82) is 5.41 Å². The number of rotatable bonds is 3. The lowest BCUT2D eigenvalue weighted by Gasteiger charge is -2.37. The minimum absolute atomic E-state index is 0.375. The second-order valence-corrected chi connectivity index (χ2v) is 5.27. The van der Waals surface area contributed by atoms with E-state index < -0.39 is 0 Å². The first-order valence-electron chi connectivity index (χ1n) is 6.22. The molecular weight excluding hydrogens is 186 g/mol. The van der Waals surface area contributed by atoms with Crippen LogP contribution in [0.25, 0.3) is 0 Å². The van der Waals surface area contributed by atoms with Crippen molar-refractivity contribution < 1.29 is 0 Å². The number of amidine groups is 1. The molecule has 0 aromatic rings. The molecule has 0 unspecified atom stereocenters. The predicted octanol–water partition coefficient (Wildman–Crippen LogP) is 1.65. The highest BCUT2D eigenvalue weighted by Crippen LogP contribution is 2.29. The van der Waals surface area contributed by atoms with Crippen LogP contribution in [0.3, 0.4) is 0 Å². The molecule has 1 saturated heterocycles. The molecule has 1 heterocycles. The van der Waals surface area contributed by atoms with Crippen LogP contribution in [0.15, 0.2) is 0 Å². The van der Waals surface area contributed by atoms with Crippen molar-refractivity contribution in [2.24, 2.45) is 11.8 Å². The van der Waals surface area contributed by atoms with Crippen molar-refractivity contribution in [3.05, 3.63) is 0 Å². The predicted molar refractivity (Wildman–Crippen MR) is 63.3 cm³/mol. The Hall–Kier alpha value is -0.570. The van der Waals surface area contributed by atoms with Gasteiger partial charge < -0.3 is 4.90 Å². The van der Waals surface area contributed by atoms with Gasteiger partial charge in [0.25, 0.3) is 0 Å². The maximum Gasteiger partial charge on any atom is 0.0984 e. The average molecular weight is 209 g/mol. The van der Waals surface area contributed by atoms with Crippen molar-refractivity contribution in [2.45, 2.75) is 26.7 Å². The third-order valence-electron chi connectivity index (χ3n) is 3.47. The topological polar surface area (TPSA) is 30.3 Å².